The summed E-state index contributed by atoms with van der Waals surface area (Å²) in [5, 5.41) is 10.5. The van der Waals surface area contributed by atoms with Gasteiger partial charge in [0.15, 0.2) is 0 Å². The van der Waals surface area contributed by atoms with E-state index in [-0.39, 0.29) is 6.42 Å². The third-order valence-electron chi connectivity index (χ3n) is 6.26. The standard InChI is InChI=1S/C29H29ClFNO3/c1-20(22-6-3-2-4-7-22)18-32(19-25-9-5-8-24(17-31)29(25)30)13-12-26-16-23-11-10-21(15-28(33)34)14-27(23)35-26/h2-11,14,16,20H,12-13,15,17-19H2,1H3,(H,33,34). The summed E-state index contributed by atoms with van der Waals surface area (Å²) in [5.41, 5.74) is 4.09. The number of rotatable bonds is 11. The number of hydrogen-bond donors (Lipinski definition) is 1. The third kappa shape index (κ3) is 6.50. The zero-order chi connectivity index (χ0) is 24.8. The summed E-state index contributed by atoms with van der Waals surface area (Å²) in [6.45, 7) is 3.76. The third-order valence-corrected chi connectivity index (χ3v) is 6.75. The number of carboxylic acids is 1. The van der Waals surface area contributed by atoms with Gasteiger partial charge in [0.05, 0.1) is 11.4 Å². The molecule has 0 aliphatic carbocycles. The van der Waals surface area contributed by atoms with Crippen LogP contribution in [0.1, 0.15) is 40.9 Å². The van der Waals surface area contributed by atoms with Gasteiger partial charge in [-0.05, 0) is 34.7 Å². The average molecular weight is 494 g/mol. The number of alkyl halides is 1. The minimum absolute atomic E-state index is 0.0319. The van der Waals surface area contributed by atoms with Gasteiger partial charge in [-0.1, -0.05) is 79.2 Å². The zero-order valence-electron chi connectivity index (χ0n) is 19.7. The molecule has 4 nitrogen and oxygen atoms in total. The van der Waals surface area contributed by atoms with Gasteiger partial charge in [-0.3, -0.25) is 9.69 Å². The molecule has 1 unspecified atom stereocenters. The molecule has 0 radical (unpaired) electrons. The van der Waals surface area contributed by atoms with Crippen molar-refractivity contribution in [3.8, 4) is 0 Å². The van der Waals surface area contributed by atoms with Crippen molar-refractivity contribution in [2.24, 2.45) is 0 Å². The van der Waals surface area contributed by atoms with E-state index in [0.29, 0.717) is 40.6 Å². The number of aliphatic carboxylic acids is 1. The molecule has 1 heterocycles. The van der Waals surface area contributed by atoms with Gasteiger partial charge in [-0.15, -0.1) is 0 Å². The second-order valence-electron chi connectivity index (χ2n) is 8.98. The minimum Gasteiger partial charge on any atom is -0.481 e. The first-order chi connectivity index (χ1) is 16.9. The Morgan fingerprint density at radius 2 is 1.83 bits per heavy atom. The van der Waals surface area contributed by atoms with Crippen molar-refractivity contribution in [3.05, 3.63) is 106 Å². The number of hydrogen-bond acceptors (Lipinski definition) is 3. The highest BCUT2D eigenvalue weighted by Gasteiger charge is 2.16. The van der Waals surface area contributed by atoms with Gasteiger partial charge in [0.25, 0.3) is 0 Å². The SMILES string of the molecule is CC(CN(CCc1cc2ccc(CC(=O)O)cc2o1)Cc1cccc(CF)c1Cl)c1ccccc1. The first kappa shape index (κ1) is 25.0. The van der Waals surface area contributed by atoms with Gasteiger partial charge >= 0.3 is 5.97 Å². The normalized spacial score (nSPS) is 12.3. The fourth-order valence-corrected chi connectivity index (χ4v) is 4.65. The molecule has 0 bridgehead atoms. The molecule has 4 aromatic rings. The molecule has 0 saturated heterocycles. The number of fused-ring (bicyclic) bond motifs is 1. The summed E-state index contributed by atoms with van der Waals surface area (Å²) in [7, 11) is 0. The molecule has 0 fully saturated rings. The number of halogens is 2. The van der Waals surface area contributed by atoms with Gasteiger partial charge in [-0.2, -0.15) is 0 Å². The molecule has 1 N–H and O–H groups in total. The lowest BCUT2D eigenvalue weighted by Gasteiger charge is -2.26. The van der Waals surface area contributed by atoms with Gasteiger partial charge in [0.2, 0.25) is 0 Å². The molecule has 0 spiro atoms. The lowest BCUT2D eigenvalue weighted by Crippen LogP contribution is -2.30. The Kier molecular flexibility index (Phi) is 8.21. The first-order valence-electron chi connectivity index (χ1n) is 11.8. The predicted molar refractivity (Wildman–Crippen MR) is 138 cm³/mol. The van der Waals surface area contributed by atoms with Gasteiger partial charge in [0, 0.05) is 37.0 Å². The maximum Gasteiger partial charge on any atom is 0.307 e. The van der Waals surface area contributed by atoms with Crippen LogP contribution in [0.5, 0.6) is 0 Å². The smallest absolute Gasteiger partial charge is 0.307 e. The topological polar surface area (TPSA) is 53.7 Å². The Hall–Kier alpha value is -3.15. The second-order valence-corrected chi connectivity index (χ2v) is 9.35. The van der Waals surface area contributed by atoms with Crippen molar-refractivity contribution < 1.29 is 18.7 Å². The van der Waals surface area contributed by atoms with Crippen LogP contribution in [-0.4, -0.2) is 29.1 Å². The number of nitrogens with zero attached hydrogens (tertiary/aromatic N) is 1. The van der Waals surface area contributed by atoms with Gasteiger partial charge in [0.1, 0.15) is 18.0 Å². The molecular formula is C29H29ClFNO3. The van der Waals surface area contributed by atoms with Gasteiger partial charge < -0.3 is 9.52 Å². The van der Waals surface area contributed by atoms with E-state index in [4.69, 9.17) is 21.1 Å². The van der Waals surface area contributed by atoms with Crippen molar-refractivity contribution in [1.29, 1.82) is 0 Å². The molecule has 1 aromatic heterocycles. The van der Waals surface area contributed by atoms with Crippen molar-refractivity contribution in [3.63, 3.8) is 0 Å². The molecule has 0 aliphatic heterocycles. The van der Waals surface area contributed by atoms with Crippen LogP contribution < -0.4 is 0 Å². The van der Waals surface area contributed by atoms with E-state index < -0.39 is 12.6 Å². The predicted octanol–water partition coefficient (Wildman–Crippen LogP) is 7.03. The van der Waals surface area contributed by atoms with Crippen molar-refractivity contribution in [1.82, 2.24) is 4.90 Å². The van der Waals surface area contributed by atoms with Crippen LogP contribution in [-0.2, 0) is 30.9 Å². The van der Waals surface area contributed by atoms with E-state index >= 15 is 0 Å². The van der Waals surface area contributed by atoms with E-state index in [1.807, 2.05) is 48.5 Å². The van der Waals surface area contributed by atoms with Crippen LogP contribution in [0.15, 0.2) is 77.2 Å². The molecule has 3 aromatic carbocycles. The molecule has 4 rings (SSSR count). The van der Waals surface area contributed by atoms with E-state index in [1.165, 1.54) is 5.56 Å². The lowest BCUT2D eigenvalue weighted by atomic mass is 10.00. The molecule has 35 heavy (non-hydrogen) atoms. The van der Waals surface area contributed by atoms with Crippen molar-refractivity contribution in [2.45, 2.75) is 38.9 Å². The van der Waals surface area contributed by atoms with Gasteiger partial charge in [-0.25, -0.2) is 4.39 Å². The Labute approximate surface area is 209 Å². The summed E-state index contributed by atoms with van der Waals surface area (Å²) < 4.78 is 19.4. The molecule has 182 valence electrons. The fraction of sp³-hybridized carbons (Fsp3) is 0.276. The Morgan fingerprint density at radius 3 is 2.57 bits per heavy atom. The van der Waals surface area contributed by atoms with E-state index in [9.17, 15) is 9.18 Å². The van der Waals surface area contributed by atoms with E-state index in [1.54, 1.807) is 12.1 Å². The molecular weight excluding hydrogens is 465 g/mol. The lowest BCUT2D eigenvalue weighted by molar-refractivity contribution is -0.136. The van der Waals surface area contributed by atoms with Crippen LogP contribution in [0.2, 0.25) is 5.02 Å². The average Bonchev–Trinajstić information content (AvgIpc) is 3.26. The Morgan fingerprint density at radius 1 is 1.06 bits per heavy atom. The van der Waals surface area contributed by atoms with Crippen LogP contribution in [0.3, 0.4) is 0 Å². The summed E-state index contributed by atoms with van der Waals surface area (Å²) in [6.07, 6.45) is 0.653. The van der Waals surface area contributed by atoms with Crippen LogP contribution in [0.4, 0.5) is 4.39 Å². The maximum atomic E-state index is 13.4. The second kappa shape index (κ2) is 11.5. The maximum absolute atomic E-state index is 13.4. The van der Waals surface area contributed by atoms with E-state index in [2.05, 4.69) is 24.0 Å². The fourth-order valence-electron chi connectivity index (χ4n) is 4.42. The number of carboxylic acid groups (broad SMARTS) is 1. The summed E-state index contributed by atoms with van der Waals surface area (Å²) >= 11 is 6.50. The molecule has 6 heteroatoms. The molecule has 0 amide bonds. The number of benzene rings is 3. The summed E-state index contributed by atoms with van der Waals surface area (Å²) in [4.78, 5) is 13.3. The highest BCUT2D eigenvalue weighted by molar-refractivity contribution is 6.32. The van der Waals surface area contributed by atoms with Crippen molar-refractivity contribution >= 4 is 28.5 Å². The minimum atomic E-state index is -0.866. The van der Waals surface area contributed by atoms with Crippen LogP contribution >= 0.6 is 11.6 Å². The highest BCUT2D eigenvalue weighted by Crippen LogP contribution is 2.26. The van der Waals surface area contributed by atoms with Crippen LogP contribution in [0, 0.1) is 0 Å². The van der Waals surface area contributed by atoms with Crippen molar-refractivity contribution in [2.75, 3.05) is 13.1 Å². The Balaban J connectivity index is 1.52. The monoisotopic (exact) mass is 493 g/mol. The zero-order valence-corrected chi connectivity index (χ0v) is 20.5. The number of carbonyl (C=O) groups is 1. The molecule has 1 atom stereocenters. The highest BCUT2D eigenvalue weighted by atomic mass is 35.5. The molecule has 0 saturated carbocycles. The largest absolute Gasteiger partial charge is 0.481 e. The van der Waals surface area contributed by atoms with Crippen LogP contribution in [0.25, 0.3) is 11.0 Å². The first-order valence-corrected chi connectivity index (χ1v) is 12.1. The Bertz CT molecular complexity index is 1290. The summed E-state index contributed by atoms with van der Waals surface area (Å²) in [6, 6.07) is 23.4. The summed E-state index contributed by atoms with van der Waals surface area (Å²) in [5.74, 6) is 0.275. The number of furan rings is 1. The van der Waals surface area contributed by atoms with E-state index in [0.717, 1.165) is 29.8 Å². The quantitative estimate of drug-likeness (QED) is 0.243. The molecule has 0 aliphatic rings.